The fourth-order valence-electron chi connectivity index (χ4n) is 0.381. The van der Waals surface area contributed by atoms with Crippen LogP contribution in [0.15, 0.2) is 30.6 Å². The average molecular weight is 189 g/mol. The third-order valence-electron chi connectivity index (χ3n) is 0.703. The smallest absolute Gasteiger partial charge is 0.0267 e. The predicted molar refractivity (Wildman–Crippen MR) is 52.4 cm³/mol. The third-order valence-corrected chi connectivity index (χ3v) is 1.79. The van der Waals surface area contributed by atoms with Gasteiger partial charge >= 0.3 is 0 Å². The molecule has 0 N–H and O–H groups in total. The van der Waals surface area contributed by atoms with Gasteiger partial charge in [-0.05, 0) is 12.1 Å². The molecule has 0 saturated heterocycles. The Bertz CT molecular complexity index is 120. The van der Waals surface area contributed by atoms with Gasteiger partial charge in [0, 0.05) is 49.0 Å². The highest BCUT2D eigenvalue weighted by molar-refractivity contribution is 8.07. The van der Waals surface area contributed by atoms with E-state index >= 15 is 0 Å². The molecule has 11 heavy (non-hydrogen) atoms. The van der Waals surface area contributed by atoms with Gasteiger partial charge in [-0.25, -0.2) is 3.63 Å². The van der Waals surface area contributed by atoms with Gasteiger partial charge in [-0.2, -0.15) is 0 Å². The summed E-state index contributed by atoms with van der Waals surface area (Å²) in [5.41, 5.74) is 0. The number of hydrogen-bond donors (Lipinski definition) is 0. The van der Waals surface area contributed by atoms with Gasteiger partial charge in [0.05, 0.1) is 0 Å². The lowest BCUT2D eigenvalue weighted by molar-refractivity contribution is 0.769. The molecule has 0 unspecified atom stereocenters. The molecule has 62 valence electrons. The maximum absolute atomic E-state index is 4.67. The summed E-state index contributed by atoms with van der Waals surface area (Å²) >= 11 is 2.73. The molecule has 0 spiro atoms. The van der Waals surface area contributed by atoms with E-state index in [1.165, 1.54) is 24.1 Å². The van der Waals surface area contributed by atoms with Crippen LogP contribution in [0.2, 0.25) is 0 Å². The Hall–Kier alpha value is -0.190. The standard InChI is InChI=1S/C5H5N.C2H6OS2/c1-2-4-6-5-3-1;1-4-3-5-2/h1-5H;1-2H3. The monoisotopic (exact) mass is 189 g/mol. The van der Waals surface area contributed by atoms with Crippen molar-refractivity contribution < 1.29 is 3.63 Å². The lowest BCUT2D eigenvalue weighted by Crippen LogP contribution is -1.58. The summed E-state index contributed by atoms with van der Waals surface area (Å²) in [5, 5.41) is 0. The van der Waals surface area contributed by atoms with Crippen molar-refractivity contribution in [1.82, 2.24) is 4.98 Å². The molecular formula is C7H11NOS2. The highest BCUT2D eigenvalue weighted by Gasteiger charge is 1.66. The highest BCUT2D eigenvalue weighted by Crippen LogP contribution is 2.04. The maximum atomic E-state index is 4.67. The molecule has 0 aliphatic rings. The molecule has 1 aromatic heterocycles. The molecule has 0 fully saturated rings. The summed E-state index contributed by atoms with van der Waals surface area (Å²) in [7, 11) is 0. The molecule has 4 heteroatoms. The van der Waals surface area contributed by atoms with Crippen LogP contribution in [-0.4, -0.2) is 17.5 Å². The normalized spacial score (nSPS) is 8.18. The van der Waals surface area contributed by atoms with Crippen LogP contribution < -0.4 is 0 Å². The second-order valence-corrected chi connectivity index (χ2v) is 2.64. The molecule has 0 bridgehead atoms. The van der Waals surface area contributed by atoms with E-state index in [2.05, 4.69) is 8.61 Å². The molecule has 0 aliphatic heterocycles. The lowest BCUT2D eigenvalue weighted by atomic mass is 10.5. The first-order valence-corrected chi connectivity index (χ1v) is 5.30. The first-order valence-electron chi connectivity index (χ1n) is 3.00. The van der Waals surface area contributed by atoms with Crippen molar-refractivity contribution in [2.45, 2.75) is 0 Å². The minimum absolute atomic E-state index is 1.36. The summed E-state index contributed by atoms with van der Waals surface area (Å²) in [6.07, 6.45) is 7.27. The third kappa shape index (κ3) is 9.81. The highest BCUT2D eigenvalue weighted by atomic mass is 32.2. The van der Waals surface area contributed by atoms with Crippen LogP contribution >= 0.6 is 24.1 Å². The summed E-state index contributed by atoms with van der Waals surface area (Å²) < 4.78 is 4.67. The molecule has 0 aliphatic carbocycles. The molecule has 0 saturated carbocycles. The Kier molecular flexibility index (Phi) is 9.64. The van der Waals surface area contributed by atoms with Crippen molar-refractivity contribution in [1.29, 1.82) is 0 Å². The van der Waals surface area contributed by atoms with Gasteiger partial charge in [0.25, 0.3) is 0 Å². The summed E-state index contributed by atoms with van der Waals surface area (Å²) in [6.45, 7) is 0. The fourth-order valence-corrected chi connectivity index (χ4v) is 0.925. The van der Waals surface area contributed by atoms with Crippen LogP contribution in [0.3, 0.4) is 0 Å². The Labute approximate surface area is 76.2 Å². The molecule has 0 amide bonds. The van der Waals surface area contributed by atoms with Gasteiger partial charge in [-0.15, -0.1) is 0 Å². The molecule has 1 rings (SSSR count). The quantitative estimate of drug-likeness (QED) is 0.667. The second-order valence-electron chi connectivity index (χ2n) is 1.43. The first kappa shape index (κ1) is 10.8. The Morgan fingerprint density at radius 2 is 1.55 bits per heavy atom. The topological polar surface area (TPSA) is 22.1 Å². The zero-order valence-electron chi connectivity index (χ0n) is 6.56. The van der Waals surface area contributed by atoms with Crippen molar-refractivity contribution >= 4 is 24.1 Å². The summed E-state index contributed by atoms with van der Waals surface area (Å²) in [6, 6.07) is 5.72. The van der Waals surface area contributed by atoms with Gasteiger partial charge in [-0.1, -0.05) is 6.07 Å². The number of nitrogens with zero attached hydrogens (tertiary/aromatic N) is 1. The largest absolute Gasteiger partial charge is 0.265 e. The summed E-state index contributed by atoms with van der Waals surface area (Å²) in [4.78, 5) is 3.78. The van der Waals surface area contributed by atoms with Crippen LogP contribution in [-0.2, 0) is 3.63 Å². The van der Waals surface area contributed by atoms with Gasteiger partial charge in [0.2, 0.25) is 0 Å². The lowest BCUT2D eigenvalue weighted by Gasteiger charge is -1.82. The van der Waals surface area contributed by atoms with E-state index in [0.29, 0.717) is 0 Å². The van der Waals surface area contributed by atoms with Crippen molar-refractivity contribution in [2.24, 2.45) is 0 Å². The van der Waals surface area contributed by atoms with Gasteiger partial charge in [0.15, 0.2) is 0 Å². The van der Waals surface area contributed by atoms with E-state index in [0.717, 1.165) is 0 Å². The zero-order valence-corrected chi connectivity index (χ0v) is 8.19. The molecule has 1 heterocycles. The van der Waals surface area contributed by atoms with Crippen LogP contribution in [0, 0.1) is 0 Å². The van der Waals surface area contributed by atoms with E-state index in [-0.39, 0.29) is 0 Å². The SMILES string of the molecule is CSOSC.c1ccncc1. The van der Waals surface area contributed by atoms with E-state index in [1.54, 1.807) is 12.4 Å². The van der Waals surface area contributed by atoms with E-state index in [4.69, 9.17) is 0 Å². The molecule has 1 aromatic rings. The molecule has 0 aromatic carbocycles. The van der Waals surface area contributed by atoms with Crippen molar-refractivity contribution in [3.8, 4) is 0 Å². The number of pyridine rings is 1. The number of hydrogen-bond acceptors (Lipinski definition) is 4. The van der Waals surface area contributed by atoms with Gasteiger partial charge in [0.1, 0.15) is 0 Å². The van der Waals surface area contributed by atoms with E-state index in [9.17, 15) is 0 Å². The van der Waals surface area contributed by atoms with Crippen molar-refractivity contribution in [3.63, 3.8) is 0 Å². The fraction of sp³-hybridized carbons (Fsp3) is 0.286. The van der Waals surface area contributed by atoms with Crippen LogP contribution in [0.25, 0.3) is 0 Å². The molecule has 0 atom stereocenters. The zero-order chi connectivity index (χ0) is 8.36. The van der Waals surface area contributed by atoms with Crippen molar-refractivity contribution in [3.05, 3.63) is 30.6 Å². The molecule has 0 radical (unpaired) electrons. The predicted octanol–water partition coefficient (Wildman–Crippen LogP) is 2.64. The Balaban J connectivity index is 0.000000187. The number of rotatable bonds is 2. The summed E-state index contributed by atoms with van der Waals surface area (Å²) in [5.74, 6) is 0. The van der Waals surface area contributed by atoms with Crippen LogP contribution in [0.1, 0.15) is 0 Å². The van der Waals surface area contributed by atoms with Gasteiger partial charge in [-0.3, -0.25) is 4.98 Å². The minimum Gasteiger partial charge on any atom is -0.265 e. The van der Waals surface area contributed by atoms with Crippen molar-refractivity contribution in [2.75, 3.05) is 12.5 Å². The Morgan fingerprint density at radius 1 is 1.00 bits per heavy atom. The average Bonchev–Trinajstić information content (AvgIpc) is 2.10. The number of aromatic nitrogens is 1. The van der Waals surface area contributed by atoms with E-state index < -0.39 is 0 Å². The van der Waals surface area contributed by atoms with E-state index in [1.807, 2.05) is 30.7 Å². The van der Waals surface area contributed by atoms with Crippen LogP contribution in [0.4, 0.5) is 0 Å². The Morgan fingerprint density at radius 3 is 1.64 bits per heavy atom. The van der Waals surface area contributed by atoms with Crippen LogP contribution in [0.5, 0.6) is 0 Å². The molecular weight excluding hydrogens is 178 g/mol. The maximum Gasteiger partial charge on any atom is 0.0267 e. The van der Waals surface area contributed by atoms with Gasteiger partial charge < -0.3 is 0 Å². The molecule has 2 nitrogen and oxygen atoms in total. The minimum atomic E-state index is 1.36. The first-order chi connectivity index (χ1) is 5.41. The second kappa shape index (κ2) is 9.81.